The van der Waals surface area contributed by atoms with Gasteiger partial charge in [0.15, 0.2) is 0 Å². The van der Waals surface area contributed by atoms with Gasteiger partial charge in [-0.3, -0.25) is 0 Å². The maximum absolute atomic E-state index is 5.90. The van der Waals surface area contributed by atoms with Gasteiger partial charge >= 0.3 is 0 Å². The Hall–Kier alpha value is -1.36. The highest BCUT2D eigenvalue weighted by atomic mass is 16.5. The molecule has 2 fully saturated rings. The monoisotopic (exact) mass is 276 g/mol. The van der Waals surface area contributed by atoms with E-state index in [4.69, 9.17) is 9.72 Å². The van der Waals surface area contributed by atoms with Crippen LogP contribution in [0.15, 0.2) is 6.07 Å². The van der Waals surface area contributed by atoms with Crippen LogP contribution in [0, 0.1) is 0 Å². The molecule has 3 heterocycles. The number of anilines is 2. The fraction of sp³-hybridized carbons (Fsp3) is 0.733. The van der Waals surface area contributed by atoms with Crippen molar-refractivity contribution in [2.45, 2.75) is 51.7 Å². The molecule has 0 amide bonds. The smallest absolute Gasteiger partial charge is 0.134 e. The van der Waals surface area contributed by atoms with Gasteiger partial charge in [0.25, 0.3) is 0 Å². The summed E-state index contributed by atoms with van der Waals surface area (Å²) in [6, 6.07) is 2.08. The first kappa shape index (κ1) is 13.6. The second kappa shape index (κ2) is 5.95. The average Bonchev–Trinajstić information content (AvgIpc) is 2.78. The Morgan fingerprint density at radius 3 is 2.65 bits per heavy atom. The van der Waals surface area contributed by atoms with Crippen molar-refractivity contribution in [1.29, 1.82) is 0 Å². The molecule has 3 rings (SSSR count). The molecule has 2 bridgehead atoms. The summed E-state index contributed by atoms with van der Waals surface area (Å²) in [5.41, 5.74) is 0. The average molecular weight is 276 g/mol. The highest BCUT2D eigenvalue weighted by Gasteiger charge is 2.34. The normalized spacial score (nSPS) is 25.0. The van der Waals surface area contributed by atoms with E-state index in [2.05, 4.69) is 35.1 Å². The molecule has 5 nitrogen and oxygen atoms in total. The number of morpholine rings is 1. The molecule has 1 aromatic rings. The van der Waals surface area contributed by atoms with Gasteiger partial charge in [0.2, 0.25) is 0 Å². The van der Waals surface area contributed by atoms with Gasteiger partial charge in [-0.05, 0) is 26.2 Å². The number of hydrogen-bond acceptors (Lipinski definition) is 5. The zero-order chi connectivity index (χ0) is 13.9. The molecule has 0 spiro atoms. The number of aromatic nitrogens is 2. The fourth-order valence-electron chi connectivity index (χ4n) is 3.05. The molecule has 0 aliphatic carbocycles. The Morgan fingerprint density at radius 2 is 2.00 bits per heavy atom. The molecule has 110 valence electrons. The first-order valence-corrected chi connectivity index (χ1v) is 7.80. The molecule has 5 heteroatoms. The standard InChI is InChI=1S/C15H24N4O/c1-3-5-13-17-14(16-4-2)8-15(18-13)19-9-11-6-7-12(10-19)20-11/h8,11-12H,3-7,9-10H2,1-2H3,(H,16,17,18). The minimum absolute atomic E-state index is 0.390. The number of fused-ring (bicyclic) bond motifs is 2. The minimum Gasteiger partial charge on any atom is -0.371 e. The Morgan fingerprint density at radius 1 is 1.25 bits per heavy atom. The summed E-state index contributed by atoms with van der Waals surface area (Å²) < 4.78 is 5.90. The van der Waals surface area contributed by atoms with Gasteiger partial charge in [0.1, 0.15) is 17.5 Å². The lowest BCUT2D eigenvalue weighted by Crippen LogP contribution is -2.43. The van der Waals surface area contributed by atoms with Crippen molar-refractivity contribution >= 4 is 11.6 Å². The number of aryl methyl sites for hydroxylation is 1. The van der Waals surface area contributed by atoms with E-state index in [0.29, 0.717) is 12.2 Å². The van der Waals surface area contributed by atoms with Crippen molar-refractivity contribution in [1.82, 2.24) is 9.97 Å². The number of ether oxygens (including phenoxy) is 1. The van der Waals surface area contributed by atoms with Crippen LogP contribution in [0.4, 0.5) is 11.6 Å². The van der Waals surface area contributed by atoms with Gasteiger partial charge < -0.3 is 15.0 Å². The molecule has 2 aliphatic heterocycles. The van der Waals surface area contributed by atoms with Crippen molar-refractivity contribution in [3.63, 3.8) is 0 Å². The quantitative estimate of drug-likeness (QED) is 0.893. The Balaban J connectivity index is 1.83. The van der Waals surface area contributed by atoms with Gasteiger partial charge in [-0.15, -0.1) is 0 Å². The van der Waals surface area contributed by atoms with Crippen LogP contribution in [-0.4, -0.2) is 41.8 Å². The summed E-state index contributed by atoms with van der Waals surface area (Å²) in [5, 5.41) is 3.31. The first-order valence-electron chi connectivity index (χ1n) is 7.80. The molecule has 2 unspecified atom stereocenters. The van der Waals surface area contributed by atoms with Crippen LogP contribution in [-0.2, 0) is 11.2 Å². The van der Waals surface area contributed by atoms with Crippen LogP contribution >= 0.6 is 0 Å². The van der Waals surface area contributed by atoms with Gasteiger partial charge in [-0.2, -0.15) is 0 Å². The number of nitrogens with zero attached hydrogens (tertiary/aromatic N) is 3. The number of nitrogens with one attached hydrogen (secondary N) is 1. The number of hydrogen-bond donors (Lipinski definition) is 1. The third kappa shape index (κ3) is 2.87. The lowest BCUT2D eigenvalue weighted by atomic mass is 10.2. The topological polar surface area (TPSA) is 50.3 Å². The minimum atomic E-state index is 0.390. The van der Waals surface area contributed by atoms with Crippen molar-refractivity contribution in [3.8, 4) is 0 Å². The molecule has 2 aliphatic rings. The summed E-state index contributed by atoms with van der Waals surface area (Å²) in [6.45, 7) is 7.07. The molecule has 1 aromatic heterocycles. The van der Waals surface area contributed by atoms with E-state index in [-0.39, 0.29) is 0 Å². The molecule has 0 saturated carbocycles. The SMILES string of the molecule is CCCc1nc(NCC)cc(N2CC3CCC(C2)O3)n1. The molecule has 1 N–H and O–H groups in total. The Labute approximate surface area is 120 Å². The lowest BCUT2D eigenvalue weighted by molar-refractivity contribution is 0.0302. The summed E-state index contributed by atoms with van der Waals surface area (Å²) >= 11 is 0. The third-order valence-corrected chi connectivity index (χ3v) is 3.96. The second-order valence-corrected chi connectivity index (χ2v) is 5.67. The van der Waals surface area contributed by atoms with E-state index in [9.17, 15) is 0 Å². The van der Waals surface area contributed by atoms with Crippen molar-refractivity contribution < 1.29 is 4.74 Å². The fourth-order valence-corrected chi connectivity index (χ4v) is 3.05. The summed E-state index contributed by atoms with van der Waals surface area (Å²) in [4.78, 5) is 11.7. The van der Waals surface area contributed by atoms with E-state index in [1.807, 2.05) is 0 Å². The van der Waals surface area contributed by atoms with E-state index >= 15 is 0 Å². The van der Waals surface area contributed by atoms with Gasteiger partial charge in [0.05, 0.1) is 12.2 Å². The second-order valence-electron chi connectivity index (χ2n) is 5.67. The van der Waals surface area contributed by atoms with E-state index in [1.54, 1.807) is 0 Å². The summed E-state index contributed by atoms with van der Waals surface area (Å²) in [6.07, 6.45) is 5.16. The molecule has 20 heavy (non-hydrogen) atoms. The maximum Gasteiger partial charge on any atom is 0.134 e. The van der Waals surface area contributed by atoms with Gasteiger partial charge in [-0.1, -0.05) is 6.92 Å². The lowest BCUT2D eigenvalue weighted by Gasteiger charge is -2.33. The largest absolute Gasteiger partial charge is 0.371 e. The maximum atomic E-state index is 5.90. The van der Waals surface area contributed by atoms with Gasteiger partial charge in [0, 0.05) is 32.1 Å². The number of rotatable bonds is 5. The highest BCUT2D eigenvalue weighted by molar-refractivity contribution is 5.50. The van der Waals surface area contributed by atoms with Crippen LogP contribution in [0.2, 0.25) is 0 Å². The van der Waals surface area contributed by atoms with E-state index in [0.717, 1.165) is 49.9 Å². The zero-order valence-electron chi connectivity index (χ0n) is 12.4. The van der Waals surface area contributed by atoms with E-state index in [1.165, 1.54) is 12.8 Å². The predicted molar refractivity (Wildman–Crippen MR) is 80.3 cm³/mol. The van der Waals surface area contributed by atoms with Crippen LogP contribution in [0.25, 0.3) is 0 Å². The van der Waals surface area contributed by atoms with E-state index < -0.39 is 0 Å². The molecule has 2 atom stereocenters. The first-order chi connectivity index (χ1) is 9.78. The Bertz CT molecular complexity index is 429. The molecular formula is C15H24N4O. The Kier molecular flexibility index (Phi) is 4.05. The highest BCUT2D eigenvalue weighted by Crippen LogP contribution is 2.29. The predicted octanol–water partition coefficient (Wildman–Crippen LogP) is 2.23. The van der Waals surface area contributed by atoms with Crippen LogP contribution in [0.3, 0.4) is 0 Å². The summed E-state index contributed by atoms with van der Waals surface area (Å²) in [5.74, 6) is 2.94. The van der Waals surface area contributed by atoms with Crippen molar-refractivity contribution in [3.05, 3.63) is 11.9 Å². The van der Waals surface area contributed by atoms with Crippen LogP contribution in [0.5, 0.6) is 0 Å². The van der Waals surface area contributed by atoms with Crippen molar-refractivity contribution in [2.24, 2.45) is 0 Å². The van der Waals surface area contributed by atoms with Crippen LogP contribution in [0.1, 0.15) is 38.9 Å². The van der Waals surface area contributed by atoms with Crippen molar-refractivity contribution in [2.75, 3.05) is 29.9 Å². The van der Waals surface area contributed by atoms with Crippen LogP contribution < -0.4 is 10.2 Å². The molecular weight excluding hydrogens is 252 g/mol. The molecule has 0 radical (unpaired) electrons. The molecule has 0 aromatic carbocycles. The zero-order valence-corrected chi connectivity index (χ0v) is 12.4. The summed E-state index contributed by atoms with van der Waals surface area (Å²) in [7, 11) is 0. The van der Waals surface area contributed by atoms with Gasteiger partial charge in [-0.25, -0.2) is 9.97 Å². The molecule has 2 saturated heterocycles. The third-order valence-electron chi connectivity index (χ3n) is 3.96.